The van der Waals surface area contributed by atoms with E-state index in [0.717, 1.165) is 55.4 Å². The first kappa shape index (κ1) is 18.0. The van der Waals surface area contributed by atoms with Crippen LogP contribution in [0.4, 0.5) is 0 Å². The second kappa shape index (κ2) is 9.06. The van der Waals surface area contributed by atoms with Crippen molar-refractivity contribution in [3.8, 4) is 11.3 Å². The van der Waals surface area contributed by atoms with Gasteiger partial charge in [0.2, 0.25) is 5.91 Å². The summed E-state index contributed by atoms with van der Waals surface area (Å²) in [6.45, 7) is 4.39. The van der Waals surface area contributed by atoms with Crippen molar-refractivity contribution in [3.63, 3.8) is 0 Å². The fourth-order valence-corrected chi connectivity index (χ4v) is 3.75. The molecule has 0 unspecified atom stereocenters. The van der Waals surface area contributed by atoms with Crippen molar-refractivity contribution in [2.24, 2.45) is 0 Å². The summed E-state index contributed by atoms with van der Waals surface area (Å²) in [4.78, 5) is 16.5. The number of hydrogen-bond donors (Lipinski definition) is 1. The molecule has 0 bridgehead atoms. The highest BCUT2D eigenvalue weighted by molar-refractivity contribution is 7.99. The number of rotatable bonds is 8. The zero-order chi connectivity index (χ0) is 17.5. The average molecular weight is 359 g/mol. The van der Waals surface area contributed by atoms with E-state index >= 15 is 0 Å². The van der Waals surface area contributed by atoms with Crippen LogP contribution in [0.3, 0.4) is 0 Å². The van der Waals surface area contributed by atoms with Gasteiger partial charge in [0.15, 0.2) is 5.16 Å². The number of carbonyl (C=O) groups excluding carboxylic acids is 1. The number of ether oxygens (including phenoxy) is 1. The summed E-state index contributed by atoms with van der Waals surface area (Å²) >= 11 is 1.49. The lowest BCUT2D eigenvalue weighted by molar-refractivity contribution is -0.118. The van der Waals surface area contributed by atoms with E-state index in [0.29, 0.717) is 5.75 Å². The molecule has 6 heteroatoms. The molecule has 1 aliphatic rings. The molecule has 1 N–H and O–H groups in total. The second-order valence-corrected chi connectivity index (χ2v) is 7.12. The Morgan fingerprint density at radius 3 is 2.96 bits per heavy atom. The first-order valence-corrected chi connectivity index (χ1v) is 9.88. The maximum absolute atomic E-state index is 11.9. The molecule has 2 heterocycles. The highest BCUT2D eigenvalue weighted by Gasteiger charge is 2.21. The Morgan fingerprint density at radius 2 is 2.24 bits per heavy atom. The van der Waals surface area contributed by atoms with Crippen molar-refractivity contribution in [3.05, 3.63) is 36.5 Å². The fourth-order valence-electron chi connectivity index (χ4n) is 2.93. The van der Waals surface area contributed by atoms with Crippen LogP contribution in [0.25, 0.3) is 11.3 Å². The molecule has 134 valence electrons. The lowest BCUT2D eigenvalue weighted by Gasteiger charge is -2.16. The summed E-state index contributed by atoms with van der Waals surface area (Å²) in [5, 5.41) is 3.79. The molecule has 0 saturated carbocycles. The van der Waals surface area contributed by atoms with Crippen molar-refractivity contribution < 1.29 is 9.53 Å². The number of thioether (sulfide) groups is 1. The minimum Gasteiger partial charge on any atom is -0.376 e. The summed E-state index contributed by atoms with van der Waals surface area (Å²) in [7, 11) is 0. The van der Waals surface area contributed by atoms with Crippen LogP contribution in [0, 0.1) is 0 Å². The van der Waals surface area contributed by atoms with Gasteiger partial charge in [0.05, 0.1) is 30.3 Å². The number of carbonyl (C=O) groups is 1. The minimum absolute atomic E-state index is 0.0553. The zero-order valence-electron chi connectivity index (χ0n) is 14.6. The molecule has 0 spiro atoms. The van der Waals surface area contributed by atoms with Crippen molar-refractivity contribution in [1.29, 1.82) is 0 Å². The normalized spacial score (nSPS) is 16.9. The molecule has 1 aromatic heterocycles. The van der Waals surface area contributed by atoms with Crippen molar-refractivity contribution in [2.75, 3.05) is 18.9 Å². The molecule has 2 aromatic rings. The molecular weight excluding hydrogens is 334 g/mol. The second-order valence-electron chi connectivity index (χ2n) is 6.18. The first-order valence-electron chi connectivity index (χ1n) is 8.90. The van der Waals surface area contributed by atoms with E-state index < -0.39 is 0 Å². The molecule has 0 aliphatic carbocycles. The molecule has 1 saturated heterocycles. The van der Waals surface area contributed by atoms with Crippen LogP contribution in [-0.2, 0) is 16.1 Å². The van der Waals surface area contributed by atoms with Crippen LogP contribution in [0.15, 0.2) is 41.7 Å². The summed E-state index contributed by atoms with van der Waals surface area (Å²) in [6.07, 6.45) is 5.26. The third-order valence-corrected chi connectivity index (χ3v) is 5.19. The molecule has 1 fully saturated rings. The highest BCUT2D eigenvalue weighted by atomic mass is 32.2. The molecule has 0 radical (unpaired) electrons. The van der Waals surface area contributed by atoms with Crippen molar-refractivity contribution >= 4 is 17.7 Å². The summed E-state index contributed by atoms with van der Waals surface area (Å²) in [6, 6.07) is 10.3. The van der Waals surface area contributed by atoms with Gasteiger partial charge in [-0.05, 0) is 24.8 Å². The number of amides is 1. The maximum Gasteiger partial charge on any atom is 0.230 e. The molecule has 3 rings (SSSR count). The maximum atomic E-state index is 11.9. The summed E-state index contributed by atoms with van der Waals surface area (Å²) in [5.41, 5.74) is 2.21. The third-order valence-electron chi connectivity index (χ3n) is 4.20. The lowest BCUT2D eigenvalue weighted by Crippen LogP contribution is -2.26. The number of nitrogens with one attached hydrogen (secondary N) is 1. The molecule has 1 aromatic carbocycles. The van der Waals surface area contributed by atoms with E-state index in [9.17, 15) is 4.79 Å². The smallest absolute Gasteiger partial charge is 0.230 e. The first-order chi connectivity index (χ1) is 12.3. The topological polar surface area (TPSA) is 56.2 Å². The van der Waals surface area contributed by atoms with Gasteiger partial charge in [-0.2, -0.15) is 0 Å². The van der Waals surface area contributed by atoms with Gasteiger partial charge in [0, 0.05) is 13.2 Å². The summed E-state index contributed by atoms with van der Waals surface area (Å²) in [5.74, 6) is 0.441. The standard InChI is InChI=1S/C19H25N3O2S/c1-2-10-20-18(23)14-25-19-21-12-17(15-7-4-3-5-8-15)22(19)13-16-9-6-11-24-16/h3-5,7-8,12,16H,2,6,9-11,13-14H2,1H3,(H,20,23)/t16-/m1/s1. The van der Waals surface area contributed by atoms with Crippen molar-refractivity contribution in [2.45, 2.75) is 44.0 Å². The Kier molecular flexibility index (Phi) is 6.53. The highest BCUT2D eigenvalue weighted by Crippen LogP contribution is 2.28. The van der Waals surface area contributed by atoms with Gasteiger partial charge >= 0.3 is 0 Å². The molecular formula is C19H25N3O2S. The number of benzene rings is 1. The van der Waals surface area contributed by atoms with Crippen LogP contribution in [0.1, 0.15) is 26.2 Å². The fraction of sp³-hybridized carbons (Fsp3) is 0.474. The molecule has 1 aliphatic heterocycles. The number of aromatic nitrogens is 2. The number of hydrogen-bond acceptors (Lipinski definition) is 4. The monoisotopic (exact) mass is 359 g/mol. The zero-order valence-corrected chi connectivity index (χ0v) is 15.4. The molecule has 5 nitrogen and oxygen atoms in total. The number of imidazole rings is 1. The Labute approximate surface area is 153 Å². The van der Waals surface area contributed by atoms with Crippen LogP contribution < -0.4 is 5.32 Å². The van der Waals surface area contributed by atoms with E-state index in [-0.39, 0.29) is 12.0 Å². The van der Waals surface area contributed by atoms with Gasteiger partial charge in [-0.3, -0.25) is 4.79 Å². The van der Waals surface area contributed by atoms with Gasteiger partial charge < -0.3 is 14.6 Å². The predicted octanol–water partition coefficient (Wildman–Crippen LogP) is 3.35. The van der Waals surface area contributed by atoms with E-state index in [1.165, 1.54) is 11.8 Å². The Morgan fingerprint density at radius 1 is 1.40 bits per heavy atom. The van der Waals surface area contributed by atoms with Crippen LogP contribution in [-0.4, -0.2) is 40.5 Å². The van der Waals surface area contributed by atoms with Crippen LogP contribution in [0.5, 0.6) is 0 Å². The molecule has 1 amide bonds. The Balaban J connectivity index is 1.77. The Hall–Kier alpha value is -1.79. The predicted molar refractivity (Wildman–Crippen MR) is 101 cm³/mol. The van der Waals surface area contributed by atoms with Crippen molar-refractivity contribution in [1.82, 2.24) is 14.9 Å². The quantitative estimate of drug-likeness (QED) is 0.735. The van der Waals surface area contributed by atoms with Gasteiger partial charge in [-0.1, -0.05) is 49.0 Å². The summed E-state index contributed by atoms with van der Waals surface area (Å²) < 4.78 is 8.01. The van der Waals surface area contributed by atoms with Gasteiger partial charge in [-0.15, -0.1) is 0 Å². The van der Waals surface area contributed by atoms with Crippen LogP contribution in [0.2, 0.25) is 0 Å². The van der Waals surface area contributed by atoms with E-state index in [4.69, 9.17) is 4.74 Å². The van der Waals surface area contributed by atoms with Gasteiger partial charge in [0.25, 0.3) is 0 Å². The van der Waals surface area contributed by atoms with E-state index in [1.54, 1.807) is 0 Å². The van der Waals surface area contributed by atoms with Gasteiger partial charge in [-0.25, -0.2) is 4.98 Å². The average Bonchev–Trinajstić information content (AvgIpc) is 3.29. The SMILES string of the molecule is CCCNC(=O)CSc1ncc(-c2ccccc2)n1C[C@H]1CCCO1. The lowest BCUT2D eigenvalue weighted by atomic mass is 10.1. The van der Waals surface area contributed by atoms with Crippen LogP contribution >= 0.6 is 11.8 Å². The van der Waals surface area contributed by atoms with Gasteiger partial charge in [0.1, 0.15) is 0 Å². The van der Waals surface area contributed by atoms with E-state index in [2.05, 4.69) is 27.0 Å². The number of nitrogens with zero attached hydrogens (tertiary/aromatic N) is 2. The minimum atomic E-state index is 0.0553. The molecule has 1 atom stereocenters. The Bertz CT molecular complexity index is 681. The third kappa shape index (κ3) is 4.86. The van der Waals surface area contributed by atoms with E-state index in [1.807, 2.05) is 31.3 Å². The largest absolute Gasteiger partial charge is 0.376 e. The molecule has 25 heavy (non-hydrogen) atoms.